The van der Waals surface area contributed by atoms with Gasteiger partial charge < -0.3 is 10.4 Å². The van der Waals surface area contributed by atoms with E-state index in [4.69, 9.17) is 5.11 Å². The van der Waals surface area contributed by atoms with Crippen LogP contribution >= 0.6 is 15.9 Å². The zero-order valence-corrected chi connectivity index (χ0v) is 12.3. The number of rotatable bonds is 7. The lowest BCUT2D eigenvalue weighted by molar-refractivity contribution is -0.142. The van der Waals surface area contributed by atoms with Gasteiger partial charge in [-0.05, 0) is 40.4 Å². The molecule has 4 nitrogen and oxygen atoms in total. The predicted octanol–water partition coefficient (Wildman–Crippen LogP) is 2.68. The quantitative estimate of drug-likeness (QED) is 0.812. The first-order chi connectivity index (χ1) is 8.49. The summed E-state index contributed by atoms with van der Waals surface area (Å²) in [7, 11) is 0. The van der Waals surface area contributed by atoms with E-state index in [9.17, 15) is 4.79 Å². The third kappa shape index (κ3) is 5.60. The molecule has 0 bridgehead atoms. The summed E-state index contributed by atoms with van der Waals surface area (Å²) in [6.45, 7) is 5.14. The Balaban J connectivity index is 2.38. The zero-order chi connectivity index (χ0) is 13.5. The molecule has 0 saturated heterocycles. The highest BCUT2D eigenvalue weighted by atomic mass is 79.9. The van der Waals surface area contributed by atoms with Crippen LogP contribution in [0.3, 0.4) is 0 Å². The molecule has 0 saturated carbocycles. The van der Waals surface area contributed by atoms with E-state index in [0.29, 0.717) is 25.4 Å². The molecule has 100 valence electrons. The Labute approximate surface area is 116 Å². The highest BCUT2D eigenvalue weighted by molar-refractivity contribution is 9.10. The maximum atomic E-state index is 11.1. The minimum atomic E-state index is -0.736. The van der Waals surface area contributed by atoms with Crippen molar-refractivity contribution >= 4 is 21.9 Å². The van der Waals surface area contributed by atoms with Gasteiger partial charge in [-0.15, -0.1) is 0 Å². The van der Waals surface area contributed by atoms with Crippen LogP contribution in [0.4, 0.5) is 0 Å². The third-order valence-electron chi connectivity index (χ3n) is 2.59. The van der Waals surface area contributed by atoms with E-state index in [1.807, 2.05) is 26.0 Å². The minimum absolute atomic E-state index is 0.333. The number of aliphatic carboxylic acids is 1. The number of hydrogen-bond donors (Lipinski definition) is 2. The Morgan fingerprint density at radius 2 is 2.22 bits per heavy atom. The summed E-state index contributed by atoms with van der Waals surface area (Å²) in [6.07, 6.45) is 2.43. The summed E-state index contributed by atoms with van der Waals surface area (Å²) in [5, 5.41) is 12.2. The van der Waals surface area contributed by atoms with Crippen molar-refractivity contribution in [2.45, 2.75) is 26.8 Å². The van der Waals surface area contributed by atoms with Crippen LogP contribution < -0.4 is 5.32 Å². The number of pyridine rings is 1. The van der Waals surface area contributed by atoms with Gasteiger partial charge in [0.2, 0.25) is 0 Å². The molecule has 0 aliphatic rings. The maximum Gasteiger partial charge on any atom is 0.307 e. The van der Waals surface area contributed by atoms with Crippen molar-refractivity contribution in [3.05, 3.63) is 28.5 Å². The van der Waals surface area contributed by atoms with Gasteiger partial charge in [0.15, 0.2) is 0 Å². The maximum absolute atomic E-state index is 11.1. The number of carbonyl (C=O) groups is 1. The predicted molar refractivity (Wildman–Crippen MR) is 74.2 cm³/mol. The summed E-state index contributed by atoms with van der Waals surface area (Å²) in [5.41, 5.74) is 0.909. The van der Waals surface area contributed by atoms with Crippen LogP contribution in [0.1, 0.15) is 26.0 Å². The van der Waals surface area contributed by atoms with Gasteiger partial charge in [0.25, 0.3) is 0 Å². The minimum Gasteiger partial charge on any atom is -0.481 e. The zero-order valence-electron chi connectivity index (χ0n) is 10.7. The topological polar surface area (TPSA) is 62.2 Å². The summed E-state index contributed by atoms with van der Waals surface area (Å²) < 4.78 is 0.939. The van der Waals surface area contributed by atoms with Crippen molar-refractivity contribution in [2.75, 3.05) is 6.54 Å². The molecule has 0 radical (unpaired) electrons. The van der Waals surface area contributed by atoms with Crippen LogP contribution in [0.15, 0.2) is 22.8 Å². The summed E-state index contributed by atoms with van der Waals surface area (Å²) in [5.74, 6) is -0.681. The average Bonchev–Trinajstić information content (AvgIpc) is 2.29. The van der Waals surface area contributed by atoms with Crippen LogP contribution in [-0.2, 0) is 11.3 Å². The molecule has 0 aliphatic heterocycles. The van der Waals surface area contributed by atoms with E-state index in [0.717, 1.165) is 10.2 Å². The monoisotopic (exact) mass is 314 g/mol. The highest BCUT2D eigenvalue weighted by Crippen LogP contribution is 2.11. The van der Waals surface area contributed by atoms with Crippen LogP contribution in [0.5, 0.6) is 0 Å². The van der Waals surface area contributed by atoms with E-state index in [1.54, 1.807) is 6.20 Å². The lowest BCUT2D eigenvalue weighted by Gasteiger charge is -2.15. The second-order valence-electron chi connectivity index (χ2n) is 4.76. The first kappa shape index (κ1) is 15.1. The van der Waals surface area contributed by atoms with Crippen molar-refractivity contribution in [1.29, 1.82) is 0 Å². The molecule has 18 heavy (non-hydrogen) atoms. The number of hydrogen-bond acceptors (Lipinski definition) is 3. The fraction of sp³-hybridized carbons (Fsp3) is 0.538. The normalized spacial score (nSPS) is 12.7. The average molecular weight is 315 g/mol. The van der Waals surface area contributed by atoms with Gasteiger partial charge in [0.1, 0.15) is 0 Å². The molecule has 1 aromatic heterocycles. The molecule has 0 aromatic carbocycles. The molecule has 0 spiro atoms. The SMILES string of the molecule is CC(C)CC(CNCc1ccc(Br)cn1)C(=O)O. The Morgan fingerprint density at radius 1 is 1.50 bits per heavy atom. The number of aromatic nitrogens is 1. The van der Waals surface area contributed by atoms with Crippen molar-refractivity contribution in [1.82, 2.24) is 10.3 Å². The first-order valence-corrected chi connectivity index (χ1v) is 6.82. The van der Waals surface area contributed by atoms with E-state index >= 15 is 0 Å². The van der Waals surface area contributed by atoms with Gasteiger partial charge in [-0.25, -0.2) is 0 Å². The Morgan fingerprint density at radius 3 is 2.72 bits per heavy atom. The Kier molecular flexibility index (Phi) is 6.29. The lowest BCUT2D eigenvalue weighted by Crippen LogP contribution is -2.29. The molecule has 0 aliphatic carbocycles. The van der Waals surface area contributed by atoms with Crippen LogP contribution in [0, 0.1) is 11.8 Å². The van der Waals surface area contributed by atoms with E-state index in [1.165, 1.54) is 0 Å². The molecule has 1 heterocycles. The van der Waals surface area contributed by atoms with E-state index in [2.05, 4.69) is 26.2 Å². The van der Waals surface area contributed by atoms with Gasteiger partial charge >= 0.3 is 5.97 Å². The van der Waals surface area contributed by atoms with E-state index < -0.39 is 5.97 Å². The molecule has 0 fully saturated rings. The van der Waals surface area contributed by atoms with Crippen LogP contribution in [0.25, 0.3) is 0 Å². The van der Waals surface area contributed by atoms with Crippen LogP contribution in [0.2, 0.25) is 0 Å². The second-order valence-corrected chi connectivity index (χ2v) is 5.68. The van der Waals surface area contributed by atoms with Gasteiger partial charge in [0.05, 0.1) is 11.6 Å². The molecule has 1 aromatic rings. The molecule has 5 heteroatoms. The van der Waals surface area contributed by atoms with Crippen LogP contribution in [-0.4, -0.2) is 22.6 Å². The number of halogens is 1. The number of nitrogens with zero attached hydrogens (tertiary/aromatic N) is 1. The molecule has 1 atom stereocenters. The van der Waals surface area contributed by atoms with Crippen molar-refractivity contribution < 1.29 is 9.90 Å². The molecular weight excluding hydrogens is 296 g/mol. The first-order valence-electron chi connectivity index (χ1n) is 6.03. The number of carboxylic acids is 1. The molecular formula is C13H19BrN2O2. The fourth-order valence-corrected chi connectivity index (χ4v) is 1.96. The lowest BCUT2D eigenvalue weighted by atomic mass is 9.97. The highest BCUT2D eigenvalue weighted by Gasteiger charge is 2.18. The summed E-state index contributed by atoms with van der Waals surface area (Å²) in [4.78, 5) is 15.3. The molecule has 1 unspecified atom stereocenters. The standard InChI is InChI=1S/C13H19BrN2O2/c1-9(2)5-10(13(17)18)6-15-8-12-4-3-11(14)7-16-12/h3-4,7,9-10,15H,5-6,8H2,1-2H3,(H,17,18). The van der Waals surface area contributed by atoms with Gasteiger partial charge in [-0.1, -0.05) is 13.8 Å². The van der Waals surface area contributed by atoms with Crippen molar-refractivity contribution in [3.8, 4) is 0 Å². The van der Waals surface area contributed by atoms with Gasteiger partial charge in [-0.2, -0.15) is 0 Å². The molecule has 2 N–H and O–H groups in total. The Hall–Kier alpha value is -0.940. The van der Waals surface area contributed by atoms with E-state index in [-0.39, 0.29) is 5.92 Å². The smallest absolute Gasteiger partial charge is 0.307 e. The third-order valence-corrected chi connectivity index (χ3v) is 3.06. The second kappa shape index (κ2) is 7.48. The Bertz CT molecular complexity index is 379. The largest absolute Gasteiger partial charge is 0.481 e. The number of nitrogens with one attached hydrogen (secondary N) is 1. The van der Waals surface area contributed by atoms with Crippen molar-refractivity contribution in [3.63, 3.8) is 0 Å². The molecule has 1 rings (SSSR count). The summed E-state index contributed by atoms with van der Waals surface area (Å²) >= 11 is 3.32. The molecule has 0 amide bonds. The van der Waals surface area contributed by atoms with Crippen molar-refractivity contribution in [2.24, 2.45) is 11.8 Å². The number of carboxylic acid groups (broad SMARTS) is 1. The van der Waals surface area contributed by atoms with Gasteiger partial charge in [-0.3, -0.25) is 9.78 Å². The fourth-order valence-electron chi connectivity index (χ4n) is 1.73. The summed E-state index contributed by atoms with van der Waals surface area (Å²) in [6, 6.07) is 3.84. The van der Waals surface area contributed by atoms with Gasteiger partial charge in [0, 0.05) is 23.8 Å².